The van der Waals surface area contributed by atoms with E-state index >= 15 is 0 Å². The van der Waals surface area contributed by atoms with Gasteiger partial charge in [0.05, 0.1) is 12.2 Å². The highest BCUT2D eigenvalue weighted by molar-refractivity contribution is 5.26. The second-order valence-electron chi connectivity index (χ2n) is 5.08. The van der Waals surface area contributed by atoms with Crippen LogP contribution in [0.3, 0.4) is 0 Å². The van der Waals surface area contributed by atoms with Crippen LogP contribution in [0.25, 0.3) is 0 Å². The lowest BCUT2D eigenvalue weighted by Gasteiger charge is -2.25. The fourth-order valence-corrected chi connectivity index (χ4v) is 2.54. The first-order chi connectivity index (χ1) is 8.24. The average molecular weight is 234 g/mol. The Morgan fingerprint density at radius 1 is 1.18 bits per heavy atom. The van der Waals surface area contributed by atoms with Crippen LogP contribution in [-0.2, 0) is 11.2 Å². The minimum Gasteiger partial charge on any atom is -0.508 e. The lowest BCUT2D eigenvalue weighted by atomic mass is 9.97. The molecule has 0 bridgehead atoms. The molecule has 0 heterocycles. The van der Waals surface area contributed by atoms with Gasteiger partial charge in [0.15, 0.2) is 0 Å². The lowest BCUT2D eigenvalue weighted by Crippen LogP contribution is -2.23. The highest BCUT2D eigenvalue weighted by atomic mass is 16.5. The van der Waals surface area contributed by atoms with Gasteiger partial charge in [0, 0.05) is 0 Å². The van der Waals surface area contributed by atoms with Crippen molar-refractivity contribution >= 4 is 0 Å². The third-order valence-corrected chi connectivity index (χ3v) is 3.44. The molecule has 1 atom stereocenters. The van der Waals surface area contributed by atoms with E-state index in [2.05, 4.69) is 6.92 Å². The topological polar surface area (TPSA) is 29.5 Å². The Bertz CT molecular complexity index is 325. The number of phenolic OH excluding ortho intramolecular Hbond substituents is 1. The predicted octanol–water partition coefficient (Wildman–Crippen LogP) is 3.67. The number of ether oxygens (including phenoxy) is 1. The summed E-state index contributed by atoms with van der Waals surface area (Å²) in [6.07, 6.45) is 8.11. The molecule has 0 aromatic heterocycles. The Hall–Kier alpha value is -1.02. The van der Waals surface area contributed by atoms with Crippen molar-refractivity contribution in [1.29, 1.82) is 0 Å². The first kappa shape index (κ1) is 12.4. The van der Waals surface area contributed by atoms with Crippen molar-refractivity contribution in [2.24, 2.45) is 0 Å². The van der Waals surface area contributed by atoms with E-state index in [1.807, 2.05) is 12.1 Å². The van der Waals surface area contributed by atoms with Gasteiger partial charge in [0.25, 0.3) is 0 Å². The molecule has 0 radical (unpaired) electrons. The van der Waals surface area contributed by atoms with Gasteiger partial charge >= 0.3 is 0 Å². The molecule has 1 saturated carbocycles. The molecule has 1 aromatic carbocycles. The SMILES string of the molecule is CC(Cc1ccc(O)cc1)OC1CCCCC1. The van der Waals surface area contributed by atoms with E-state index in [1.54, 1.807) is 12.1 Å². The van der Waals surface area contributed by atoms with Gasteiger partial charge in [-0.3, -0.25) is 0 Å². The maximum absolute atomic E-state index is 9.22. The number of benzene rings is 1. The molecule has 1 aromatic rings. The molecular formula is C15H22O2. The first-order valence-corrected chi connectivity index (χ1v) is 6.67. The lowest BCUT2D eigenvalue weighted by molar-refractivity contribution is -0.0202. The van der Waals surface area contributed by atoms with E-state index in [4.69, 9.17) is 4.74 Å². The normalized spacial score (nSPS) is 19.1. The molecule has 2 nitrogen and oxygen atoms in total. The maximum Gasteiger partial charge on any atom is 0.115 e. The maximum atomic E-state index is 9.22. The predicted molar refractivity (Wildman–Crippen MR) is 69.2 cm³/mol. The number of hydrogen-bond acceptors (Lipinski definition) is 2. The fourth-order valence-electron chi connectivity index (χ4n) is 2.54. The summed E-state index contributed by atoms with van der Waals surface area (Å²) in [4.78, 5) is 0. The number of aromatic hydroxyl groups is 1. The third-order valence-electron chi connectivity index (χ3n) is 3.44. The van der Waals surface area contributed by atoms with E-state index in [0.717, 1.165) is 6.42 Å². The summed E-state index contributed by atoms with van der Waals surface area (Å²) in [5.74, 6) is 0.328. The monoisotopic (exact) mass is 234 g/mol. The molecule has 0 aliphatic heterocycles. The molecule has 1 aliphatic carbocycles. The van der Waals surface area contributed by atoms with Gasteiger partial charge in [-0.05, 0) is 43.9 Å². The Balaban J connectivity index is 1.79. The summed E-state index contributed by atoms with van der Waals surface area (Å²) < 4.78 is 6.06. The van der Waals surface area contributed by atoms with Crippen molar-refractivity contribution in [2.45, 2.75) is 57.7 Å². The van der Waals surface area contributed by atoms with Crippen LogP contribution in [0.1, 0.15) is 44.6 Å². The molecule has 0 saturated heterocycles. The Morgan fingerprint density at radius 3 is 2.47 bits per heavy atom. The van der Waals surface area contributed by atoms with Gasteiger partial charge in [-0.25, -0.2) is 0 Å². The molecule has 0 amide bonds. The van der Waals surface area contributed by atoms with Gasteiger partial charge < -0.3 is 9.84 Å². The summed E-state index contributed by atoms with van der Waals surface area (Å²) in [5.41, 5.74) is 1.23. The summed E-state index contributed by atoms with van der Waals surface area (Å²) >= 11 is 0. The molecule has 2 rings (SSSR count). The van der Waals surface area contributed by atoms with Gasteiger partial charge in [-0.15, -0.1) is 0 Å². The van der Waals surface area contributed by atoms with Gasteiger partial charge in [0.2, 0.25) is 0 Å². The van der Waals surface area contributed by atoms with Crippen LogP contribution in [0, 0.1) is 0 Å². The Labute approximate surface area is 104 Å². The van der Waals surface area contributed by atoms with Gasteiger partial charge in [-0.2, -0.15) is 0 Å². The Kier molecular flexibility index (Phi) is 4.43. The van der Waals surface area contributed by atoms with Crippen molar-refractivity contribution in [2.75, 3.05) is 0 Å². The number of phenols is 1. The van der Waals surface area contributed by atoms with Crippen LogP contribution in [0.2, 0.25) is 0 Å². The molecule has 17 heavy (non-hydrogen) atoms. The molecule has 1 unspecified atom stereocenters. The van der Waals surface area contributed by atoms with Crippen molar-refractivity contribution in [1.82, 2.24) is 0 Å². The molecule has 0 spiro atoms. The summed E-state index contributed by atoms with van der Waals surface area (Å²) in [7, 11) is 0. The molecule has 1 fully saturated rings. The largest absolute Gasteiger partial charge is 0.508 e. The zero-order valence-electron chi connectivity index (χ0n) is 10.6. The summed E-state index contributed by atoms with van der Waals surface area (Å²) in [6.45, 7) is 2.14. The van der Waals surface area contributed by atoms with E-state index in [-0.39, 0.29) is 6.10 Å². The van der Waals surface area contributed by atoms with E-state index in [9.17, 15) is 5.11 Å². The van der Waals surface area contributed by atoms with Crippen molar-refractivity contribution in [3.8, 4) is 5.75 Å². The van der Waals surface area contributed by atoms with Gasteiger partial charge in [-0.1, -0.05) is 31.4 Å². The minimum atomic E-state index is 0.266. The van der Waals surface area contributed by atoms with Crippen LogP contribution < -0.4 is 0 Å². The van der Waals surface area contributed by atoms with Crippen LogP contribution >= 0.6 is 0 Å². The van der Waals surface area contributed by atoms with Gasteiger partial charge in [0.1, 0.15) is 5.75 Å². The fraction of sp³-hybridized carbons (Fsp3) is 0.600. The van der Waals surface area contributed by atoms with E-state index < -0.39 is 0 Å². The van der Waals surface area contributed by atoms with Crippen LogP contribution in [-0.4, -0.2) is 17.3 Å². The van der Waals surface area contributed by atoms with Crippen LogP contribution in [0.4, 0.5) is 0 Å². The van der Waals surface area contributed by atoms with Crippen molar-refractivity contribution in [3.05, 3.63) is 29.8 Å². The second-order valence-corrected chi connectivity index (χ2v) is 5.08. The zero-order chi connectivity index (χ0) is 12.1. The van der Waals surface area contributed by atoms with E-state index in [0.29, 0.717) is 11.9 Å². The molecule has 2 heteroatoms. The van der Waals surface area contributed by atoms with Crippen LogP contribution in [0.5, 0.6) is 5.75 Å². The Morgan fingerprint density at radius 2 is 1.82 bits per heavy atom. The number of hydrogen-bond donors (Lipinski definition) is 1. The third kappa shape index (κ3) is 4.04. The standard InChI is InChI=1S/C15H22O2/c1-12(17-15-5-3-2-4-6-15)11-13-7-9-14(16)10-8-13/h7-10,12,15-16H,2-6,11H2,1H3. The van der Waals surface area contributed by atoms with E-state index in [1.165, 1.54) is 37.7 Å². The number of rotatable bonds is 4. The second kappa shape index (κ2) is 6.06. The van der Waals surface area contributed by atoms with Crippen molar-refractivity contribution in [3.63, 3.8) is 0 Å². The zero-order valence-corrected chi connectivity index (χ0v) is 10.6. The average Bonchev–Trinajstić information content (AvgIpc) is 2.33. The highest BCUT2D eigenvalue weighted by Gasteiger charge is 2.16. The molecule has 1 N–H and O–H groups in total. The molecule has 1 aliphatic rings. The smallest absolute Gasteiger partial charge is 0.115 e. The van der Waals surface area contributed by atoms with Crippen molar-refractivity contribution < 1.29 is 9.84 Å². The van der Waals surface area contributed by atoms with Crippen LogP contribution in [0.15, 0.2) is 24.3 Å². The molecular weight excluding hydrogens is 212 g/mol. The summed E-state index contributed by atoms with van der Waals surface area (Å²) in [5, 5.41) is 9.22. The minimum absolute atomic E-state index is 0.266. The first-order valence-electron chi connectivity index (χ1n) is 6.67. The quantitative estimate of drug-likeness (QED) is 0.861. The summed E-state index contributed by atoms with van der Waals surface area (Å²) in [6, 6.07) is 7.41. The highest BCUT2D eigenvalue weighted by Crippen LogP contribution is 2.22. The molecule has 94 valence electrons.